The molecule has 0 heterocycles. The van der Waals surface area contributed by atoms with Crippen molar-refractivity contribution in [2.24, 2.45) is 0 Å². The molecule has 0 N–H and O–H groups in total. The van der Waals surface area contributed by atoms with Gasteiger partial charge in [-0.1, -0.05) is 15.9 Å². The fraction of sp³-hybridized carbons (Fsp3) is 0.750. The Balaban J connectivity index is 3.02. The summed E-state index contributed by atoms with van der Waals surface area (Å²) in [4.78, 5) is 0. The predicted molar refractivity (Wildman–Crippen MR) is 27.3 cm³/mol. The number of halogens is 1. The first-order valence-corrected chi connectivity index (χ1v) is 2.27. The van der Waals surface area contributed by atoms with Crippen molar-refractivity contribution in [2.45, 2.75) is 18.2 Å². The minimum absolute atomic E-state index is 0.188. The van der Waals surface area contributed by atoms with E-state index < -0.39 is 0 Å². The first-order valence-electron chi connectivity index (χ1n) is 1.48. The number of hydrogen-bond donors (Lipinski definition) is 0. The molecule has 0 amide bonds. The highest BCUT2D eigenvalue weighted by atomic mass is 79.9. The Kier molecular flexibility index (Phi) is 1.42. The molecule has 0 unspecified atom stereocenters. The summed E-state index contributed by atoms with van der Waals surface area (Å²) in [7, 11) is 0. The Morgan fingerprint density at radius 1 is 1.60 bits per heavy atom. The second-order valence-electron chi connectivity index (χ2n) is 1.56. The van der Waals surface area contributed by atoms with Gasteiger partial charge >= 0.3 is 0 Å². The summed E-state index contributed by atoms with van der Waals surface area (Å²) in [6, 6.07) is 0. The zero-order valence-electron chi connectivity index (χ0n) is 3.46. The van der Waals surface area contributed by atoms with Crippen molar-refractivity contribution in [3.63, 3.8) is 0 Å². The molecule has 1 heteroatoms. The lowest BCUT2D eigenvalue weighted by molar-refractivity contribution is 0.917. The number of alkyl halides is 1. The van der Waals surface area contributed by atoms with Crippen molar-refractivity contribution < 1.29 is 0 Å². The van der Waals surface area contributed by atoms with Gasteiger partial charge in [0.15, 0.2) is 0 Å². The molecule has 0 fully saturated rings. The van der Waals surface area contributed by atoms with Gasteiger partial charge in [0, 0.05) is 4.32 Å². The van der Waals surface area contributed by atoms with E-state index in [0.29, 0.717) is 0 Å². The van der Waals surface area contributed by atoms with Gasteiger partial charge in [-0.05, 0) is 20.8 Å². The van der Waals surface area contributed by atoms with Crippen LogP contribution in [0.2, 0.25) is 0 Å². The van der Waals surface area contributed by atoms with Crippen LogP contribution in [0.3, 0.4) is 0 Å². The zero-order chi connectivity index (χ0) is 4.50. The van der Waals surface area contributed by atoms with Crippen LogP contribution >= 0.6 is 15.9 Å². The summed E-state index contributed by atoms with van der Waals surface area (Å²) in [6.45, 7) is 9.03. The van der Waals surface area contributed by atoms with Crippen LogP contribution in [0.25, 0.3) is 0 Å². The zero-order valence-corrected chi connectivity index (χ0v) is 5.04. The van der Waals surface area contributed by atoms with Gasteiger partial charge in [-0.15, -0.1) is 0 Å². The second kappa shape index (κ2) is 1.29. The average molecular weight is 135 g/mol. The summed E-state index contributed by atoms with van der Waals surface area (Å²) in [5, 5.41) is 0. The van der Waals surface area contributed by atoms with Crippen LogP contribution in [0, 0.1) is 6.92 Å². The summed E-state index contributed by atoms with van der Waals surface area (Å²) in [6.07, 6.45) is 0. The maximum absolute atomic E-state index is 5.27. The topological polar surface area (TPSA) is 0 Å². The molecule has 5 heavy (non-hydrogen) atoms. The minimum Gasteiger partial charge on any atom is -0.0856 e. The molecule has 0 aromatic rings. The lowest BCUT2D eigenvalue weighted by Crippen LogP contribution is -1.98. The molecule has 0 saturated carbocycles. The molecule has 0 bridgehead atoms. The van der Waals surface area contributed by atoms with Crippen LogP contribution in [0.15, 0.2) is 0 Å². The Morgan fingerprint density at radius 3 is 1.60 bits per heavy atom. The van der Waals surface area contributed by atoms with Gasteiger partial charge in [0.05, 0.1) is 0 Å². The molecule has 2 radical (unpaired) electrons. The lowest BCUT2D eigenvalue weighted by Gasteiger charge is -2.01. The van der Waals surface area contributed by atoms with E-state index in [0.717, 1.165) is 0 Å². The fourth-order valence-corrected chi connectivity index (χ4v) is 0. The van der Waals surface area contributed by atoms with Crippen LogP contribution < -0.4 is 0 Å². The Hall–Kier alpha value is 0.480. The third-order valence-corrected chi connectivity index (χ3v) is 0. The molecule has 0 atom stereocenters. The number of rotatable bonds is 0. The van der Waals surface area contributed by atoms with Gasteiger partial charge in [-0.3, -0.25) is 0 Å². The third kappa shape index (κ3) is 120. The van der Waals surface area contributed by atoms with Crippen LogP contribution in [0.1, 0.15) is 13.8 Å². The van der Waals surface area contributed by atoms with Gasteiger partial charge in [-0.25, -0.2) is 0 Å². The smallest absolute Gasteiger partial charge is 0.0236 e. The van der Waals surface area contributed by atoms with Crippen LogP contribution in [0.4, 0.5) is 0 Å². The normalized spacial score (nSPS) is 12.0. The van der Waals surface area contributed by atoms with E-state index >= 15 is 0 Å². The van der Waals surface area contributed by atoms with Gasteiger partial charge < -0.3 is 0 Å². The van der Waals surface area contributed by atoms with E-state index in [-0.39, 0.29) is 4.32 Å². The van der Waals surface area contributed by atoms with Crippen molar-refractivity contribution in [1.29, 1.82) is 0 Å². The maximum atomic E-state index is 5.27. The summed E-state index contributed by atoms with van der Waals surface area (Å²) < 4.78 is -0.188. The molecule has 0 aliphatic heterocycles. The highest BCUT2D eigenvalue weighted by Crippen LogP contribution is 2.11. The standard InChI is InChI=1S/C4H7Br/c1-4(2,3)5/h1H,2-3H3. The van der Waals surface area contributed by atoms with Crippen molar-refractivity contribution in [1.82, 2.24) is 0 Å². The van der Waals surface area contributed by atoms with E-state index in [9.17, 15) is 0 Å². The molecular formula is C4H7Br. The molecule has 0 aromatic carbocycles. The largest absolute Gasteiger partial charge is 0.0856 e. The summed E-state index contributed by atoms with van der Waals surface area (Å²) in [5.41, 5.74) is 0. The SMILES string of the molecule is [CH]C(C)(C)Br. The van der Waals surface area contributed by atoms with E-state index in [2.05, 4.69) is 15.9 Å². The fourth-order valence-electron chi connectivity index (χ4n) is 0. The van der Waals surface area contributed by atoms with Crippen molar-refractivity contribution in [3.8, 4) is 0 Å². The Labute approximate surface area is 41.7 Å². The van der Waals surface area contributed by atoms with E-state index in [1.807, 2.05) is 13.8 Å². The van der Waals surface area contributed by atoms with E-state index in [1.54, 1.807) is 0 Å². The van der Waals surface area contributed by atoms with E-state index in [4.69, 9.17) is 6.92 Å². The maximum Gasteiger partial charge on any atom is 0.0236 e. The minimum atomic E-state index is -0.188. The molecule has 0 aliphatic carbocycles. The average Bonchev–Trinajstić information content (AvgIpc) is 0.722. The molecule has 0 saturated heterocycles. The Bertz CT molecular complexity index is 19.1. The van der Waals surface area contributed by atoms with Crippen molar-refractivity contribution in [3.05, 3.63) is 6.92 Å². The summed E-state index contributed by atoms with van der Waals surface area (Å²) >= 11 is 3.15. The molecule has 0 aliphatic rings. The summed E-state index contributed by atoms with van der Waals surface area (Å²) in [5.74, 6) is 0. The monoisotopic (exact) mass is 134 g/mol. The predicted octanol–water partition coefficient (Wildman–Crippen LogP) is 1.87. The van der Waals surface area contributed by atoms with Crippen molar-refractivity contribution >= 4 is 15.9 Å². The quantitative estimate of drug-likeness (QED) is 0.444. The molecule has 0 nitrogen and oxygen atoms in total. The molecule has 0 aromatic heterocycles. The van der Waals surface area contributed by atoms with Gasteiger partial charge in [0.2, 0.25) is 0 Å². The highest BCUT2D eigenvalue weighted by Gasteiger charge is 1.99. The second-order valence-corrected chi connectivity index (χ2v) is 3.61. The third-order valence-electron chi connectivity index (χ3n) is 0. The molecular weight excluding hydrogens is 128 g/mol. The van der Waals surface area contributed by atoms with Crippen molar-refractivity contribution in [2.75, 3.05) is 0 Å². The first kappa shape index (κ1) is 5.48. The van der Waals surface area contributed by atoms with Gasteiger partial charge in [-0.2, -0.15) is 0 Å². The lowest BCUT2D eigenvalue weighted by atomic mass is 10.3. The van der Waals surface area contributed by atoms with Crippen LogP contribution in [-0.2, 0) is 0 Å². The number of hydrogen-bond acceptors (Lipinski definition) is 0. The van der Waals surface area contributed by atoms with E-state index in [1.165, 1.54) is 0 Å². The van der Waals surface area contributed by atoms with Crippen LogP contribution in [-0.4, -0.2) is 4.32 Å². The molecule has 0 spiro atoms. The molecule has 30 valence electrons. The van der Waals surface area contributed by atoms with Gasteiger partial charge in [0.1, 0.15) is 0 Å². The highest BCUT2D eigenvalue weighted by molar-refractivity contribution is 9.10. The Morgan fingerprint density at radius 2 is 1.60 bits per heavy atom. The van der Waals surface area contributed by atoms with Crippen LogP contribution in [0.5, 0.6) is 0 Å². The van der Waals surface area contributed by atoms with Gasteiger partial charge in [0.25, 0.3) is 0 Å². The molecule has 0 rings (SSSR count). The first-order chi connectivity index (χ1) is 2.00.